The van der Waals surface area contributed by atoms with Crippen molar-refractivity contribution in [1.29, 1.82) is 0 Å². The fourth-order valence-electron chi connectivity index (χ4n) is 1.81. The maximum absolute atomic E-state index is 11.3. The molecule has 1 aliphatic heterocycles. The van der Waals surface area contributed by atoms with Crippen LogP contribution in [0.15, 0.2) is 18.2 Å². The third kappa shape index (κ3) is 2.18. The Morgan fingerprint density at radius 3 is 2.89 bits per heavy atom. The lowest BCUT2D eigenvalue weighted by atomic mass is 10.1. The molecule has 0 atom stereocenters. The van der Waals surface area contributed by atoms with Gasteiger partial charge in [0.15, 0.2) is 0 Å². The molecule has 2 rings (SSSR count). The number of nitro groups is 1. The third-order valence-corrected chi connectivity index (χ3v) is 2.68. The molecule has 0 aliphatic carbocycles. The van der Waals surface area contributed by atoms with Crippen molar-refractivity contribution in [2.24, 2.45) is 5.84 Å². The quantitative estimate of drug-likeness (QED) is 0.466. The molecule has 3 N–H and O–H groups in total. The number of nitrogens with zero attached hydrogens (tertiary/aromatic N) is 2. The molecule has 0 bridgehead atoms. The molecule has 18 heavy (non-hydrogen) atoms. The van der Waals surface area contributed by atoms with Gasteiger partial charge in [0.2, 0.25) is 0 Å². The van der Waals surface area contributed by atoms with Gasteiger partial charge in [0, 0.05) is 11.6 Å². The molecule has 1 amide bonds. The van der Waals surface area contributed by atoms with Crippen LogP contribution >= 0.6 is 0 Å². The zero-order valence-electron chi connectivity index (χ0n) is 9.46. The van der Waals surface area contributed by atoms with Crippen LogP contribution in [0.25, 0.3) is 0 Å². The monoisotopic (exact) mass is 252 g/mol. The van der Waals surface area contributed by atoms with E-state index < -0.39 is 11.0 Å². The summed E-state index contributed by atoms with van der Waals surface area (Å²) in [5.41, 5.74) is 2.98. The minimum absolute atomic E-state index is 0.123. The second-order valence-corrected chi connectivity index (χ2v) is 3.75. The van der Waals surface area contributed by atoms with Crippen molar-refractivity contribution in [3.05, 3.63) is 33.9 Å². The Balaban J connectivity index is 2.29. The number of amides is 1. The SMILES string of the molecule is NNc1c(CN2CCOC2=O)cccc1[N+](=O)[O-]. The van der Waals surface area contributed by atoms with Gasteiger partial charge < -0.3 is 15.1 Å². The molecule has 0 aromatic heterocycles. The molecule has 0 unspecified atom stereocenters. The van der Waals surface area contributed by atoms with Gasteiger partial charge in [-0.1, -0.05) is 12.1 Å². The number of hydrogen-bond donors (Lipinski definition) is 2. The highest BCUT2D eigenvalue weighted by Gasteiger charge is 2.25. The van der Waals surface area contributed by atoms with Crippen molar-refractivity contribution in [3.8, 4) is 0 Å². The highest BCUT2D eigenvalue weighted by Crippen LogP contribution is 2.28. The number of anilines is 1. The molecule has 0 spiro atoms. The van der Waals surface area contributed by atoms with Gasteiger partial charge in [0.1, 0.15) is 12.3 Å². The second kappa shape index (κ2) is 4.88. The zero-order valence-corrected chi connectivity index (χ0v) is 9.46. The fraction of sp³-hybridized carbons (Fsp3) is 0.300. The molecule has 1 saturated heterocycles. The van der Waals surface area contributed by atoms with E-state index in [0.29, 0.717) is 18.7 Å². The molecule has 8 nitrogen and oxygen atoms in total. The van der Waals surface area contributed by atoms with E-state index in [1.165, 1.54) is 11.0 Å². The number of para-hydroxylation sites is 1. The number of hydrogen-bond acceptors (Lipinski definition) is 6. The van der Waals surface area contributed by atoms with E-state index in [9.17, 15) is 14.9 Å². The predicted octanol–water partition coefficient (Wildman–Crippen LogP) is 0.833. The van der Waals surface area contributed by atoms with E-state index in [2.05, 4.69) is 5.43 Å². The van der Waals surface area contributed by atoms with Crippen molar-refractivity contribution in [2.45, 2.75) is 6.54 Å². The van der Waals surface area contributed by atoms with E-state index >= 15 is 0 Å². The number of rotatable bonds is 4. The molecule has 0 saturated carbocycles. The summed E-state index contributed by atoms with van der Waals surface area (Å²) in [6, 6.07) is 4.57. The number of hydrazine groups is 1. The number of benzene rings is 1. The van der Waals surface area contributed by atoms with E-state index in [0.717, 1.165) is 0 Å². The van der Waals surface area contributed by atoms with Crippen LogP contribution in [0.2, 0.25) is 0 Å². The average molecular weight is 252 g/mol. The first-order chi connectivity index (χ1) is 8.63. The summed E-state index contributed by atoms with van der Waals surface area (Å²) < 4.78 is 4.79. The van der Waals surface area contributed by atoms with Gasteiger partial charge in [0.25, 0.3) is 5.69 Å². The Morgan fingerprint density at radius 2 is 2.33 bits per heavy atom. The van der Waals surface area contributed by atoms with Gasteiger partial charge in [-0.25, -0.2) is 4.79 Å². The summed E-state index contributed by atoms with van der Waals surface area (Å²) in [6.07, 6.45) is -0.426. The number of ether oxygens (including phenoxy) is 1. The molecule has 1 aromatic carbocycles. The van der Waals surface area contributed by atoms with Gasteiger partial charge >= 0.3 is 6.09 Å². The smallest absolute Gasteiger partial charge is 0.410 e. The molecule has 8 heteroatoms. The van der Waals surface area contributed by atoms with Crippen LogP contribution in [0.1, 0.15) is 5.56 Å². The minimum atomic E-state index is -0.527. The van der Waals surface area contributed by atoms with Gasteiger partial charge in [0.05, 0.1) is 18.0 Å². The van der Waals surface area contributed by atoms with Crippen LogP contribution in [0.4, 0.5) is 16.2 Å². The van der Waals surface area contributed by atoms with Gasteiger partial charge in [-0.15, -0.1) is 0 Å². The first kappa shape index (κ1) is 12.1. The fourth-order valence-corrected chi connectivity index (χ4v) is 1.81. The second-order valence-electron chi connectivity index (χ2n) is 3.75. The number of nitrogen functional groups attached to an aromatic ring is 1. The van der Waals surface area contributed by atoms with Crippen molar-refractivity contribution in [2.75, 3.05) is 18.6 Å². The van der Waals surface area contributed by atoms with Crippen LogP contribution in [0.5, 0.6) is 0 Å². The van der Waals surface area contributed by atoms with Crippen LogP contribution in [-0.4, -0.2) is 29.1 Å². The van der Waals surface area contributed by atoms with Crippen molar-refractivity contribution in [1.82, 2.24) is 4.90 Å². The van der Waals surface area contributed by atoms with E-state index in [1.807, 2.05) is 0 Å². The summed E-state index contributed by atoms with van der Waals surface area (Å²) in [7, 11) is 0. The lowest BCUT2D eigenvalue weighted by molar-refractivity contribution is -0.384. The number of nitrogens with one attached hydrogen (secondary N) is 1. The summed E-state index contributed by atoms with van der Waals surface area (Å²) in [6.45, 7) is 1.02. The summed E-state index contributed by atoms with van der Waals surface area (Å²) in [5, 5.41) is 10.8. The Hall–Kier alpha value is -2.35. The number of carbonyl (C=O) groups excluding carboxylic acids is 1. The Labute approximate surface area is 102 Å². The highest BCUT2D eigenvalue weighted by molar-refractivity contribution is 5.71. The third-order valence-electron chi connectivity index (χ3n) is 2.68. The lowest BCUT2D eigenvalue weighted by Gasteiger charge is -2.15. The first-order valence-corrected chi connectivity index (χ1v) is 5.28. The molecular weight excluding hydrogens is 240 g/mol. The van der Waals surface area contributed by atoms with E-state index in [-0.39, 0.29) is 17.9 Å². The summed E-state index contributed by atoms with van der Waals surface area (Å²) in [4.78, 5) is 23.1. The molecule has 1 aromatic rings. The first-order valence-electron chi connectivity index (χ1n) is 5.28. The van der Waals surface area contributed by atoms with Crippen LogP contribution in [-0.2, 0) is 11.3 Å². The van der Waals surface area contributed by atoms with Gasteiger partial charge in [-0.3, -0.25) is 16.0 Å². The number of nitro benzene ring substituents is 1. The Bertz CT molecular complexity index is 491. The molecular formula is C10H12N4O4. The Morgan fingerprint density at radius 1 is 1.56 bits per heavy atom. The predicted molar refractivity (Wildman–Crippen MR) is 62.7 cm³/mol. The molecule has 96 valence electrons. The van der Waals surface area contributed by atoms with E-state index in [4.69, 9.17) is 10.6 Å². The summed E-state index contributed by atoms with van der Waals surface area (Å²) >= 11 is 0. The van der Waals surface area contributed by atoms with Crippen LogP contribution in [0.3, 0.4) is 0 Å². The Kier molecular flexibility index (Phi) is 3.28. The number of carbonyl (C=O) groups is 1. The number of cyclic esters (lactones) is 1. The largest absolute Gasteiger partial charge is 0.448 e. The van der Waals surface area contributed by atoms with Crippen LogP contribution in [0, 0.1) is 10.1 Å². The average Bonchev–Trinajstić information content (AvgIpc) is 2.74. The van der Waals surface area contributed by atoms with Crippen molar-refractivity contribution >= 4 is 17.5 Å². The standard InChI is InChI=1S/C10H12N4O4/c11-12-9-7(2-1-3-8(9)14(16)17)6-13-4-5-18-10(13)15/h1-3,12H,4-6,11H2. The highest BCUT2D eigenvalue weighted by atomic mass is 16.6. The topological polar surface area (TPSA) is 111 Å². The molecule has 1 aliphatic rings. The maximum atomic E-state index is 11.3. The maximum Gasteiger partial charge on any atom is 0.410 e. The molecule has 0 radical (unpaired) electrons. The van der Waals surface area contributed by atoms with Crippen LogP contribution < -0.4 is 11.3 Å². The van der Waals surface area contributed by atoms with Crippen molar-refractivity contribution in [3.63, 3.8) is 0 Å². The van der Waals surface area contributed by atoms with Gasteiger partial charge in [-0.2, -0.15) is 0 Å². The van der Waals surface area contributed by atoms with E-state index in [1.54, 1.807) is 12.1 Å². The number of nitrogens with two attached hydrogens (primary N) is 1. The molecule has 1 fully saturated rings. The normalized spacial score (nSPS) is 14.5. The summed E-state index contributed by atoms with van der Waals surface area (Å²) in [5.74, 6) is 5.31. The minimum Gasteiger partial charge on any atom is -0.448 e. The van der Waals surface area contributed by atoms with Crippen molar-refractivity contribution < 1.29 is 14.5 Å². The van der Waals surface area contributed by atoms with Gasteiger partial charge in [-0.05, 0) is 0 Å². The molecule has 1 heterocycles. The zero-order chi connectivity index (χ0) is 13.1. The lowest BCUT2D eigenvalue weighted by Crippen LogP contribution is -2.24.